The van der Waals surface area contributed by atoms with Crippen molar-refractivity contribution in [3.05, 3.63) is 59.9 Å². The maximum atomic E-state index is 13.1. The molecule has 0 aliphatic carbocycles. The lowest BCUT2D eigenvalue weighted by Gasteiger charge is -2.22. The van der Waals surface area contributed by atoms with Gasteiger partial charge >= 0.3 is 0 Å². The molecule has 2 atom stereocenters. The van der Waals surface area contributed by atoms with Crippen molar-refractivity contribution in [3.8, 4) is 5.69 Å². The van der Waals surface area contributed by atoms with E-state index < -0.39 is 0 Å². The van der Waals surface area contributed by atoms with Crippen LogP contribution in [0.25, 0.3) is 16.7 Å². The Balaban J connectivity index is 1.48. The zero-order valence-electron chi connectivity index (χ0n) is 18.6. The lowest BCUT2D eigenvalue weighted by molar-refractivity contribution is -0.121. The minimum Gasteiger partial charge on any atom is -0.345 e. The van der Waals surface area contributed by atoms with Gasteiger partial charge in [-0.3, -0.25) is 4.79 Å². The number of aryl methyl sites for hydroxylation is 1. The molecule has 2 heterocycles. The number of aromatic amines is 1. The summed E-state index contributed by atoms with van der Waals surface area (Å²) in [6.45, 7) is 8.10. The lowest BCUT2D eigenvalue weighted by atomic mass is 10.0. The lowest BCUT2D eigenvalue weighted by Crippen LogP contribution is -2.37. The second kappa shape index (κ2) is 9.52. The molecular weight excluding hydrogens is 422 g/mol. The number of carbonyl (C=O) groups excluding carboxylic acids is 1. The van der Waals surface area contributed by atoms with E-state index in [1.807, 2.05) is 43.3 Å². The Kier molecular flexibility index (Phi) is 6.55. The third-order valence-electron chi connectivity index (χ3n) is 5.35. The number of hydrogen-bond donors (Lipinski definition) is 2. The molecule has 0 saturated carbocycles. The third-order valence-corrected chi connectivity index (χ3v) is 6.38. The van der Waals surface area contributed by atoms with E-state index in [0.717, 1.165) is 29.0 Å². The fourth-order valence-electron chi connectivity index (χ4n) is 3.44. The maximum absolute atomic E-state index is 13.1. The van der Waals surface area contributed by atoms with Crippen molar-refractivity contribution in [1.29, 1.82) is 0 Å². The monoisotopic (exact) mass is 449 g/mol. The molecule has 32 heavy (non-hydrogen) atoms. The number of nitrogens with one attached hydrogen (secondary N) is 2. The number of nitrogens with zero attached hydrogens (tertiary/aromatic N) is 5. The van der Waals surface area contributed by atoms with Crippen molar-refractivity contribution in [2.24, 2.45) is 5.92 Å². The summed E-state index contributed by atoms with van der Waals surface area (Å²) in [7, 11) is 0. The molecule has 0 saturated heterocycles. The van der Waals surface area contributed by atoms with Crippen molar-refractivity contribution in [1.82, 2.24) is 35.5 Å². The van der Waals surface area contributed by atoms with Crippen LogP contribution in [0.15, 0.2) is 53.7 Å². The van der Waals surface area contributed by atoms with Crippen molar-refractivity contribution < 1.29 is 4.79 Å². The summed E-state index contributed by atoms with van der Waals surface area (Å²) in [6, 6.07) is 15.7. The van der Waals surface area contributed by atoms with E-state index in [-0.39, 0.29) is 23.1 Å². The molecule has 166 valence electrons. The van der Waals surface area contributed by atoms with E-state index in [2.05, 4.69) is 63.7 Å². The molecule has 2 N–H and O–H groups in total. The van der Waals surface area contributed by atoms with Crippen LogP contribution in [0.1, 0.15) is 45.1 Å². The van der Waals surface area contributed by atoms with Gasteiger partial charge in [0.1, 0.15) is 5.82 Å². The van der Waals surface area contributed by atoms with Crippen molar-refractivity contribution in [2.45, 2.75) is 50.6 Å². The van der Waals surface area contributed by atoms with E-state index in [4.69, 9.17) is 0 Å². The Morgan fingerprint density at radius 1 is 1.12 bits per heavy atom. The van der Waals surface area contributed by atoms with E-state index in [9.17, 15) is 4.79 Å². The minimum absolute atomic E-state index is 0.0926. The Bertz CT molecular complexity index is 1170. The molecule has 0 aliphatic rings. The summed E-state index contributed by atoms with van der Waals surface area (Å²) in [5.74, 6) is 0.830. The fraction of sp³-hybridized carbons (Fsp3) is 0.348. The predicted molar refractivity (Wildman–Crippen MR) is 126 cm³/mol. The first-order valence-electron chi connectivity index (χ1n) is 10.8. The highest BCUT2D eigenvalue weighted by molar-refractivity contribution is 8.00. The van der Waals surface area contributed by atoms with E-state index in [1.165, 1.54) is 17.3 Å². The third kappa shape index (κ3) is 4.67. The van der Waals surface area contributed by atoms with Gasteiger partial charge in [0.25, 0.3) is 0 Å². The molecule has 2 aromatic carbocycles. The van der Waals surface area contributed by atoms with Crippen LogP contribution in [0.4, 0.5) is 0 Å². The molecular formula is C23H27N7OS. The van der Waals surface area contributed by atoms with Crippen LogP contribution in [0.3, 0.4) is 0 Å². The number of rotatable bonds is 8. The molecule has 2 unspecified atom stereocenters. The highest BCUT2D eigenvalue weighted by Gasteiger charge is 2.26. The zero-order valence-corrected chi connectivity index (χ0v) is 19.4. The second-order valence-corrected chi connectivity index (χ2v) is 9.33. The number of fused-ring (bicyclic) bond motifs is 1. The van der Waals surface area contributed by atoms with Gasteiger partial charge in [0.2, 0.25) is 11.1 Å². The number of tetrazole rings is 1. The SMILES string of the molecule is CCc1ccc(-n2nnnc2SC(C)C(=O)NC(c2nc3ccccc3[nH]2)C(C)C)cc1. The number of para-hydroxylation sites is 2. The Morgan fingerprint density at radius 2 is 1.88 bits per heavy atom. The normalized spacial score (nSPS) is 13.4. The number of imidazole rings is 1. The van der Waals surface area contributed by atoms with Gasteiger partial charge in [-0.1, -0.05) is 56.8 Å². The highest BCUT2D eigenvalue weighted by Crippen LogP contribution is 2.26. The van der Waals surface area contributed by atoms with Crippen molar-refractivity contribution in [2.75, 3.05) is 0 Å². The summed E-state index contributed by atoms with van der Waals surface area (Å²) in [4.78, 5) is 21.1. The van der Waals surface area contributed by atoms with Gasteiger partial charge in [-0.2, -0.15) is 4.68 Å². The average molecular weight is 450 g/mol. The number of thioether (sulfide) groups is 1. The topological polar surface area (TPSA) is 101 Å². The molecule has 0 aliphatic heterocycles. The van der Waals surface area contributed by atoms with Crippen LogP contribution in [0.2, 0.25) is 0 Å². The molecule has 0 radical (unpaired) electrons. The number of benzene rings is 2. The smallest absolute Gasteiger partial charge is 0.233 e. The summed E-state index contributed by atoms with van der Waals surface area (Å²) < 4.78 is 1.66. The van der Waals surface area contributed by atoms with Crippen molar-refractivity contribution in [3.63, 3.8) is 0 Å². The van der Waals surface area contributed by atoms with Gasteiger partial charge in [-0.15, -0.1) is 5.10 Å². The van der Waals surface area contributed by atoms with Crippen LogP contribution >= 0.6 is 11.8 Å². The summed E-state index contributed by atoms with van der Waals surface area (Å²) in [5, 5.41) is 15.4. The molecule has 1 amide bonds. The fourth-order valence-corrected chi connectivity index (χ4v) is 4.26. The number of hydrogen-bond acceptors (Lipinski definition) is 6. The second-order valence-electron chi connectivity index (χ2n) is 8.02. The first-order chi connectivity index (χ1) is 15.5. The summed E-state index contributed by atoms with van der Waals surface area (Å²) in [5.41, 5.74) is 3.95. The number of carbonyl (C=O) groups is 1. The molecule has 0 fully saturated rings. The first-order valence-corrected chi connectivity index (χ1v) is 11.6. The molecule has 2 aromatic heterocycles. The van der Waals surface area contributed by atoms with E-state index in [0.29, 0.717) is 5.16 Å². The van der Waals surface area contributed by atoms with Gasteiger partial charge in [-0.25, -0.2) is 4.98 Å². The van der Waals surface area contributed by atoms with Gasteiger partial charge < -0.3 is 10.3 Å². The Hall–Kier alpha value is -3.20. The van der Waals surface area contributed by atoms with Crippen LogP contribution in [0, 0.1) is 5.92 Å². The Morgan fingerprint density at radius 3 is 2.56 bits per heavy atom. The minimum atomic E-state index is -0.389. The van der Waals surface area contributed by atoms with Gasteiger partial charge in [0, 0.05) is 0 Å². The first kappa shape index (κ1) is 22.0. The largest absolute Gasteiger partial charge is 0.345 e. The van der Waals surface area contributed by atoms with Crippen LogP contribution in [-0.2, 0) is 11.2 Å². The number of H-pyrrole nitrogens is 1. The predicted octanol–water partition coefficient (Wildman–Crippen LogP) is 4.10. The standard InChI is InChI=1S/C23H27N7OS/c1-5-16-10-12-17(13-11-16)30-23(27-28-29-30)32-15(4)22(31)26-20(14(2)3)21-24-18-8-6-7-9-19(18)25-21/h6-15,20H,5H2,1-4H3,(H,24,25)(H,26,31). The number of aromatic nitrogens is 6. The van der Waals surface area contributed by atoms with Crippen LogP contribution < -0.4 is 5.32 Å². The van der Waals surface area contributed by atoms with Crippen LogP contribution in [0.5, 0.6) is 0 Å². The maximum Gasteiger partial charge on any atom is 0.233 e. The van der Waals surface area contributed by atoms with Crippen molar-refractivity contribution >= 4 is 28.7 Å². The Labute approximate surface area is 191 Å². The van der Waals surface area contributed by atoms with Gasteiger partial charge in [-0.05, 0) is 59.5 Å². The summed E-state index contributed by atoms with van der Waals surface area (Å²) >= 11 is 1.33. The zero-order chi connectivity index (χ0) is 22.7. The highest BCUT2D eigenvalue weighted by atomic mass is 32.2. The average Bonchev–Trinajstić information content (AvgIpc) is 3.43. The van der Waals surface area contributed by atoms with Gasteiger partial charge in [0.15, 0.2) is 0 Å². The molecule has 4 rings (SSSR count). The molecule has 0 spiro atoms. The quantitative estimate of drug-likeness (QED) is 0.393. The molecule has 4 aromatic rings. The molecule has 8 nitrogen and oxygen atoms in total. The van der Waals surface area contributed by atoms with Crippen LogP contribution in [-0.4, -0.2) is 41.3 Å². The molecule has 9 heteroatoms. The van der Waals surface area contributed by atoms with E-state index in [1.54, 1.807) is 4.68 Å². The summed E-state index contributed by atoms with van der Waals surface area (Å²) in [6.07, 6.45) is 0.969. The number of amides is 1. The molecule has 0 bridgehead atoms. The van der Waals surface area contributed by atoms with Gasteiger partial charge in [0.05, 0.1) is 28.0 Å². The van der Waals surface area contributed by atoms with E-state index >= 15 is 0 Å².